The van der Waals surface area contributed by atoms with Gasteiger partial charge in [-0.2, -0.15) is 0 Å². The topological polar surface area (TPSA) is 21.3 Å². The number of para-hydroxylation sites is 1. The van der Waals surface area contributed by atoms with E-state index in [1.165, 1.54) is 11.6 Å². The van der Waals surface area contributed by atoms with Crippen molar-refractivity contribution >= 4 is 0 Å². The second kappa shape index (κ2) is 6.34. The summed E-state index contributed by atoms with van der Waals surface area (Å²) in [5.41, 5.74) is 1.18. The second-order valence-corrected chi connectivity index (χ2v) is 4.71. The summed E-state index contributed by atoms with van der Waals surface area (Å²) in [5.74, 6) is 0.530. The van der Waals surface area contributed by atoms with Crippen LogP contribution in [0.25, 0.3) is 0 Å². The van der Waals surface area contributed by atoms with Crippen LogP contribution in [0, 0.1) is 5.82 Å². The number of hydrogen-bond acceptors (Lipinski definition) is 2. The van der Waals surface area contributed by atoms with Crippen molar-refractivity contribution in [1.29, 1.82) is 0 Å². The van der Waals surface area contributed by atoms with Crippen molar-refractivity contribution in [2.24, 2.45) is 0 Å². The van der Waals surface area contributed by atoms with Gasteiger partial charge in [-0.05, 0) is 29.8 Å². The molecule has 0 heterocycles. The largest absolute Gasteiger partial charge is 0.454 e. The van der Waals surface area contributed by atoms with Crippen molar-refractivity contribution in [3.8, 4) is 11.5 Å². The maximum atomic E-state index is 13.4. The molecular formula is C16H18FNO. The fourth-order valence-corrected chi connectivity index (χ4v) is 1.65. The molecule has 2 rings (SSSR count). The molecule has 0 aliphatic heterocycles. The Kier molecular flexibility index (Phi) is 4.53. The summed E-state index contributed by atoms with van der Waals surface area (Å²) in [4.78, 5) is 0. The van der Waals surface area contributed by atoms with Gasteiger partial charge in [-0.15, -0.1) is 0 Å². The van der Waals surface area contributed by atoms with Crippen molar-refractivity contribution in [2.75, 3.05) is 0 Å². The third-order valence-corrected chi connectivity index (χ3v) is 2.70. The van der Waals surface area contributed by atoms with E-state index in [1.54, 1.807) is 18.2 Å². The standard InChI is InChI=1S/C16H18FNO/c1-12(2)18-11-13-7-9-14(10-8-13)19-16-6-4-3-5-15(16)17/h3-10,12,18H,11H2,1-2H3. The highest BCUT2D eigenvalue weighted by Crippen LogP contribution is 2.24. The molecule has 19 heavy (non-hydrogen) atoms. The summed E-state index contributed by atoms with van der Waals surface area (Å²) in [6.45, 7) is 5.03. The van der Waals surface area contributed by atoms with Crippen LogP contribution in [0.4, 0.5) is 4.39 Å². The first kappa shape index (κ1) is 13.6. The van der Waals surface area contributed by atoms with Gasteiger partial charge in [-0.1, -0.05) is 38.1 Å². The highest BCUT2D eigenvalue weighted by Gasteiger charge is 2.03. The summed E-state index contributed by atoms with van der Waals surface area (Å²) in [6, 6.07) is 14.5. The lowest BCUT2D eigenvalue weighted by molar-refractivity contribution is 0.442. The van der Waals surface area contributed by atoms with Gasteiger partial charge in [0.2, 0.25) is 0 Å². The lowest BCUT2D eigenvalue weighted by atomic mass is 10.2. The molecule has 0 bridgehead atoms. The van der Waals surface area contributed by atoms with Gasteiger partial charge in [-0.25, -0.2) is 4.39 Å². The van der Waals surface area contributed by atoms with Crippen LogP contribution in [0.5, 0.6) is 11.5 Å². The molecule has 2 aromatic rings. The van der Waals surface area contributed by atoms with E-state index in [1.807, 2.05) is 24.3 Å². The van der Waals surface area contributed by atoms with Gasteiger partial charge in [-0.3, -0.25) is 0 Å². The Bertz CT molecular complexity index is 523. The van der Waals surface area contributed by atoms with Gasteiger partial charge in [0.15, 0.2) is 11.6 Å². The minimum Gasteiger partial charge on any atom is -0.454 e. The van der Waals surface area contributed by atoms with Crippen LogP contribution >= 0.6 is 0 Å². The Morgan fingerprint density at radius 3 is 2.37 bits per heavy atom. The number of ether oxygens (including phenoxy) is 1. The summed E-state index contributed by atoms with van der Waals surface area (Å²) in [6.07, 6.45) is 0. The fraction of sp³-hybridized carbons (Fsp3) is 0.250. The third kappa shape index (κ3) is 4.07. The summed E-state index contributed by atoms with van der Waals surface area (Å²) < 4.78 is 18.9. The molecule has 3 heteroatoms. The molecule has 0 aliphatic carbocycles. The molecule has 100 valence electrons. The molecule has 0 atom stereocenters. The minimum absolute atomic E-state index is 0.246. The van der Waals surface area contributed by atoms with Crippen LogP contribution in [0.15, 0.2) is 48.5 Å². The predicted octanol–water partition coefficient (Wildman–Crippen LogP) is 4.12. The van der Waals surface area contributed by atoms with Crippen molar-refractivity contribution in [2.45, 2.75) is 26.4 Å². The van der Waals surface area contributed by atoms with Crippen LogP contribution in [0.2, 0.25) is 0 Å². The number of nitrogens with one attached hydrogen (secondary N) is 1. The van der Waals surface area contributed by atoms with E-state index in [0.29, 0.717) is 11.8 Å². The average molecular weight is 259 g/mol. The van der Waals surface area contributed by atoms with Gasteiger partial charge in [0.25, 0.3) is 0 Å². The molecule has 1 N–H and O–H groups in total. The Hall–Kier alpha value is -1.87. The van der Waals surface area contributed by atoms with Gasteiger partial charge < -0.3 is 10.1 Å². The molecule has 0 saturated carbocycles. The zero-order valence-corrected chi connectivity index (χ0v) is 11.2. The van der Waals surface area contributed by atoms with Gasteiger partial charge in [0, 0.05) is 12.6 Å². The first-order chi connectivity index (χ1) is 9.15. The number of rotatable bonds is 5. The predicted molar refractivity (Wildman–Crippen MR) is 74.9 cm³/mol. The van der Waals surface area contributed by atoms with Gasteiger partial charge in [0.05, 0.1) is 0 Å². The Labute approximate surface area is 113 Å². The third-order valence-electron chi connectivity index (χ3n) is 2.70. The first-order valence-electron chi connectivity index (χ1n) is 6.40. The zero-order valence-electron chi connectivity index (χ0n) is 11.2. The van der Waals surface area contributed by atoms with Gasteiger partial charge in [0.1, 0.15) is 5.75 Å². The van der Waals surface area contributed by atoms with E-state index in [-0.39, 0.29) is 11.6 Å². The highest BCUT2D eigenvalue weighted by atomic mass is 19.1. The quantitative estimate of drug-likeness (QED) is 0.872. The molecule has 0 amide bonds. The van der Waals surface area contributed by atoms with E-state index < -0.39 is 0 Å². The smallest absolute Gasteiger partial charge is 0.165 e. The monoisotopic (exact) mass is 259 g/mol. The molecule has 0 radical (unpaired) electrons. The number of benzene rings is 2. The molecular weight excluding hydrogens is 241 g/mol. The van der Waals surface area contributed by atoms with E-state index >= 15 is 0 Å². The first-order valence-corrected chi connectivity index (χ1v) is 6.40. The summed E-state index contributed by atoms with van der Waals surface area (Å²) >= 11 is 0. The zero-order chi connectivity index (χ0) is 13.7. The second-order valence-electron chi connectivity index (χ2n) is 4.71. The maximum Gasteiger partial charge on any atom is 0.165 e. The molecule has 2 nitrogen and oxygen atoms in total. The number of hydrogen-bond donors (Lipinski definition) is 1. The van der Waals surface area contributed by atoms with Crippen LogP contribution in [-0.2, 0) is 6.54 Å². The Balaban J connectivity index is 2.01. The maximum absolute atomic E-state index is 13.4. The van der Waals surface area contributed by atoms with Crippen LogP contribution < -0.4 is 10.1 Å². The highest BCUT2D eigenvalue weighted by molar-refractivity contribution is 5.33. The lowest BCUT2D eigenvalue weighted by Crippen LogP contribution is -2.21. The van der Waals surface area contributed by atoms with Gasteiger partial charge >= 0.3 is 0 Å². The van der Waals surface area contributed by atoms with Crippen LogP contribution in [0.1, 0.15) is 19.4 Å². The van der Waals surface area contributed by atoms with E-state index in [0.717, 1.165) is 6.54 Å². The molecule has 0 fully saturated rings. The van der Waals surface area contributed by atoms with E-state index in [4.69, 9.17) is 4.74 Å². The summed E-state index contributed by atoms with van der Waals surface area (Å²) in [7, 11) is 0. The van der Waals surface area contributed by atoms with Crippen molar-refractivity contribution in [1.82, 2.24) is 5.32 Å². The Morgan fingerprint density at radius 1 is 1.05 bits per heavy atom. The van der Waals surface area contributed by atoms with Crippen LogP contribution in [-0.4, -0.2) is 6.04 Å². The van der Waals surface area contributed by atoms with Crippen molar-refractivity contribution in [3.63, 3.8) is 0 Å². The molecule has 0 aliphatic rings. The minimum atomic E-state index is -0.354. The van der Waals surface area contributed by atoms with E-state index in [2.05, 4.69) is 19.2 Å². The molecule has 0 unspecified atom stereocenters. The van der Waals surface area contributed by atoms with Crippen LogP contribution in [0.3, 0.4) is 0 Å². The Morgan fingerprint density at radius 2 is 1.74 bits per heavy atom. The number of halogens is 1. The van der Waals surface area contributed by atoms with Crippen molar-refractivity contribution < 1.29 is 9.13 Å². The SMILES string of the molecule is CC(C)NCc1ccc(Oc2ccccc2F)cc1. The fourth-order valence-electron chi connectivity index (χ4n) is 1.65. The van der Waals surface area contributed by atoms with Crippen molar-refractivity contribution in [3.05, 3.63) is 59.9 Å². The normalized spacial score (nSPS) is 10.7. The van der Waals surface area contributed by atoms with E-state index in [9.17, 15) is 4.39 Å². The average Bonchev–Trinajstić information content (AvgIpc) is 2.40. The summed E-state index contributed by atoms with van der Waals surface area (Å²) in [5, 5.41) is 3.34. The molecule has 0 spiro atoms. The molecule has 0 saturated heterocycles. The lowest BCUT2D eigenvalue weighted by Gasteiger charge is -2.09. The molecule has 0 aromatic heterocycles. The molecule has 2 aromatic carbocycles.